The molecule has 0 spiro atoms. The van der Waals surface area contributed by atoms with E-state index in [0.29, 0.717) is 18.1 Å². The Morgan fingerprint density at radius 2 is 2.50 bits per heavy atom. The van der Waals surface area contributed by atoms with E-state index in [4.69, 9.17) is 4.52 Å². The van der Waals surface area contributed by atoms with Crippen molar-refractivity contribution < 1.29 is 14.1 Å². The summed E-state index contributed by atoms with van der Waals surface area (Å²) >= 11 is 1.73. The van der Waals surface area contributed by atoms with Gasteiger partial charge in [0.1, 0.15) is 0 Å². The fourth-order valence-corrected chi connectivity index (χ4v) is 2.77. The van der Waals surface area contributed by atoms with Crippen molar-refractivity contribution >= 4 is 17.7 Å². The summed E-state index contributed by atoms with van der Waals surface area (Å²) in [5, 5.41) is 3.54. The predicted octanol–water partition coefficient (Wildman–Crippen LogP) is 1.65. The maximum atomic E-state index is 11.2. The molecular weight excluding hydrogens is 228 g/mol. The molecule has 1 aromatic rings. The monoisotopic (exact) mass is 242 g/mol. The Kier molecular flexibility index (Phi) is 3.48. The Hall–Kier alpha value is -1.04. The van der Waals surface area contributed by atoms with Crippen molar-refractivity contribution in [2.45, 2.75) is 25.0 Å². The van der Waals surface area contributed by atoms with Gasteiger partial charge in [-0.15, -0.1) is 0 Å². The molecule has 1 aliphatic rings. The molecule has 0 radical (unpaired) electrons. The Labute approximate surface area is 97.9 Å². The first-order chi connectivity index (χ1) is 7.74. The van der Waals surface area contributed by atoms with E-state index in [9.17, 15) is 4.79 Å². The van der Waals surface area contributed by atoms with Crippen molar-refractivity contribution in [2.75, 3.05) is 12.9 Å². The van der Waals surface area contributed by atoms with Crippen LogP contribution >= 0.6 is 11.8 Å². The number of hydrogen-bond donors (Lipinski definition) is 0. The minimum Gasteiger partial charge on any atom is -0.469 e. The van der Waals surface area contributed by atoms with Crippen LogP contribution in [-0.4, -0.2) is 29.0 Å². The first-order valence-electron chi connectivity index (χ1n) is 5.14. The average Bonchev–Trinajstić information content (AvgIpc) is 2.83. The summed E-state index contributed by atoms with van der Waals surface area (Å²) in [4.78, 5) is 15.1. The van der Waals surface area contributed by atoms with E-state index in [0.717, 1.165) is 18.6 Å². The van der Waals surface area contributed by atoms with Crippen LogP contribution in [0.4, 0.5) is 0 Å². The lowest BCUT2D eigenvalue weighted by atomic mass is 10.1. The van der Waals surface area contributed by atoms with E-state index in [1.54, 1.807) is 11.8 Å². The van der Waals surface area contributed by atoms with Gasteiger partial charge in [0.15, 0.2) is 6.33 Å². The van der Waals surface area contributed by atoms with Gasteiger partial charge in [0.25, 0.3) is 0 Å². The third-order valence-electron chi connectivity index (χ3n) is 2.74. The van der Waals surface area contributed by atoms with Crippen molar-refractivity contribution in [1.82, 2.24) is 10.1 Å². The second kappa shape index (κ2) is 4.86. The number of thioether (sulfide) groups is 1. The first kappa shape index (κ1) is 11.4. The quantitative estimate of drug-likeness (QED) is 0.707. The van der Waals surface area contributed by atoms with Crippen LogP contribution in [-0.2, 0) is 15.3 Å². The zero-order valence-corrected chi connectivity index (χ0v) is 9.96. The van der Waals surface area contributed by atoms with E-state index in [1.807, 2.05) is 0 Å². The molecule has 0 saturated heterocycles. The number of hydrogen-bond acceptors (Lipinski definition) is 6. The van der Waals surface area contributed by atoms with Crippen molar-refractivity contribution in [1.29, 1.82) is 0 Å². The van der Waals surface area contributed by atoms with Crippen LogP contribution in [0.3, 0.4) is 0 Å². The van der Waals surface area contributed by atoms with Crippen molar-refractivity contribution in [3.05, 3.63) is 12.2 Å². The van der Waals surface area contributed by atoms with Gasteiger partial charge < -0.3 is 9.26 Å². The summed E-state index contributed by atoms with van der Waals surface area (Å²) in [6.07, 6.45) is 4.15. The third-order valence-corrected chi connectivity index (χ3v) is 4.01. The molecule has 0 unspecified atom stereocenters. The molecule has 5 nitrogen and oxygen atoms in total. The highest BCUT2D eigenvalue weighted by Gasteiger charge is 2.44. The second-order valence-electron chi connectivity index (χ2n) is 4.08. The zero-order valence-electron chi connectivity index (χ0n) is 9.14. The highest BCUT2D eigenvalue weighted by atomic mass is 32.2. The maximum absolute atomic E-state index is 11.2. The number of aromatic nitrogens is 2. The van der Waals surface area contributed by atoms with Gasteiger partial charge >= 0.3 is 5.97 Å². The molecule has 1 aliphatic carbocycles. The SMILES string of the molecule is COC(=O)CC1(CSCc2ncno2)CC1. The fraction of sp³-hybridized carbons (Fsp3) is 0.700. The summed E-state index contributed by atoms with van der Waals surface area (Å²) in [7, 11) is 1.43. The van der Waals surface area contributed by atoms with Crippen LogP contribution in [0.1, 0.15) is 25.2 Å². The Balaban J connectivity index is 1.71. The minimum absolute atomic E-state index is 0.115. The normalized spacial score (nSPS) is 17.1. The first-order valence-corrected chi connectivity index (χ1v) is 6.30. The molecule has 0 amide bonds. The van der Waals surface area contributed by atoms with Crippen LogP contribution < -0.4 is 0 Å². The number of nitrogens with zero attached hydrogens (tertiary/aromatic N) is 2. The van der Waals surface area contributed by atoms with Gasteiger partial charge in [0.2, 0.25) is 5.89 Å². The van der Waals surface area contributed by atoms with E-state index in [2.05, 4.69) is 14.9 Å². The van der Waals surface area contributed by atoms with Gasteiger partial charge in [0.05, 0.1) is 19.3 Å². The summed E-state index contributed by atoms with van der Waals surface area (Å²) in [5.41, 5.74) is 0.164. The van der Waals surface area contributed by atoms with Crippen molar-refractivity contribution in [3.63, 3.8) is 0 Å². The largest absolute Gasteiger partial charge is 0.469 e. The van der Waals surface area contributed by atoms with Crippen LogP contribution in [0, 0.1) is 5.41 Å². The summed E-state index contributed by atoms with van der Waals surface area (Å²) in [5.74, 6) is 2.18. The highest BCUT2D eigenvalue weighted by molar-refractivity contribution is 7.98. The van der Waals surface area contributed by atoms with Crippen LogP contribution in [0.5, 0.6) is 0 Å². The van der Waals surface area contributed by atoms with Gasteiger partial charge in [-0.25, -0.2) is 0 Å². The van der Waals surface area contributed by atoms with Gasteiger partial charge in [-0.2, -0.15) is 16.7 Å². The third kappa shape index (κ3) is 2.98. The average molecular weight is 242 g/mol. The topological polar surface area (TPSA) is 65.2 Å². The van der Waals surface area contributed by atoms with Gasteiger partial charge in [-0.05, 0) is 24.0 Å². The molecule has 0 aromatic carbocycles. The smallest absolute Gasteiger partial charge is 0.306 e. The molecule has 0 N–H and O–H groups in total. The molecule has 16 heavy (non-hydrogen) atoms. The molecular formula is C10H14N2O3S. The minimum atomic E-state index is -0.115. The van der Waals surface area contributed by atoms with Crippen LogP contribution in [0.2, 0.25) is 0 Å². The van der Waals surface area contributed by atoms with Gasteiger partial charge in [-0.1, -0.05) is 5.16 Å². The van der Waals surface area contributed by atoms with Gasteiger partial charge in [-0.3, -0.25) is 4.79 Å². The van der Waals surface area contributed by atoms with Crippen molar-refractivity contribution in [3.8, 4) is 0 Å². The number of carbonyl (C=O) groups excluding carboxylic acids is 1. The molecule has 1 saturated carbocycles. The lowest BCUT2D eigenvalue weighted by Crippen LogP contribution is -2.13. The van der Waals surface area contributed by atoms with Gasteiger partial charge in [0, 0.05) is 0 Å². The maximum Gasteiger partial charge on any atom is 0.306 e. The summed E-state index contributed by atoms with van der Waals surface area (Å²) in [6, 6.07) is 0. The molecule has 1 heterocycles. The number of ether oxygens (including phenoxy) is 1. The number of rotatable bonds is 6. The van der Waals surface area contributed by atoms with Crippen molar-refractivity contribution in [2.24, 2.45) is 5.41 Å². The van der Waals surface area contributed by atoms with E-state index in [1.165, 1.54) is 13.4 Å². The Morgan fingerprint density at radius 1 is 1.69 bits per heavy atom. The molecule has 88 valence electrons. The molecule has 1 aromatic heterocycles. The Bertz CT molecular complexity index is 349. The van der Waals surface area contributed by atoms with Crippen LogP contribution in [0.15, 0.2) is 10.9 Å². The van der Waals surface area contributed by atoms with E-state index < -0.39 is 0 Å². The number of esters is 1. The fourth-order valence-electron chi connectivity index (χ4n) is 1.54. The standard InChI is InChI=1S/C10H14N2O3S/c1-14-9(13)4-10(2-3-10)6-16-5-8-11-7-12-15-8/h7H,2-6H2,1H3. The summed E-state index contributed by atoms with van der Waals surface area (Å²) in [6.45, 7) is 0. The summed E-state index contributed by atoms with van der Waals surface area (Å²) < 4.78 is 9.59. The predicted molar refractivity (Wildman–Crippen MR) is 58.8 cm³/mol. The Morgan fingerprint density at radius 3 is 3.06 bits per heavy atom. The lowest BCUT2D eigenvalue weighted by Gasteiger charge is -2.11. The molecule has 1 fully saturated rings. The van der Waals surface area contributed by atoms with Crippen LogP contribution in [0.25, 0.3) is 0 Å². The molecule has 6 heteroatoms. The molecule has 0 aliphatic heterocycles. The van der Waals surface area contributed by atoms with E-state index >= 15 is 0 Å². The van der Waals surface area contributed by atoms with E-state index in [-0.39, 0.29) is 11.4 Å². The zero-order chi connectivity index (χ0) is 11.4. The molecule has 0 atom stereocenters. The number of methoxy groups -OCH3 is 1. The molecule has 2 rings (SSSR count). The molecule has 0 bridgehead atoms. The lowest BCUT2D eigenvalue weighted by molar-refractivity contribution is -0.141. The number of carbonyl (C=O) groups is 1. The second-order valence-corrected chi connectivity index (χ2v) is 5.07. The highest BCUT2D eigenvalue weighted by Crippen LogP contribution is 2.51.